The smallest absolute Gasteiger partial charge is 0.330 e. The molecular weight excluding hydrogens is 508 g/mol. The summed E-state index contributed by atoms with van der Waals surface area (Å²) in [5.41, 5.74) is 5.90. The van der Waals surface area contributed by atoms with E-state index in [-0.39, 0.29) is 35.9 Å². The first-order valence-corrected chi connectivity index (χ1v) is 12.8. The van der Waals surface area contributed by atoms with E-state index >= 15 is 0 Å². The lowest BCUT2D eigenvalue weighted by Gasteiger charge is -2.24. The van der Waals surface area contributed by atoms with Crippen LogP contribution in [0.2, 0.25) is 0 Å². The lowest BCUT2D eigenvalue weighted by molar-refractivity contribution is -0.116. The maximum absolute atomic E-state index is 13.5. The number of carbonyl (C=O) groups excluding carboxylic acids is 1. The van der Waals surface area contributed by atoms with Crippen LogP contribution in [0.4, 0.5) is 11.5 Å². The van der Waals surface area contributed by atoms with Crippen LogP contribution in [-0.4, -0.2) is 51.0 Å². The van der Waals surface area contributed by atoms with Gasteiger partial charge in [0, 0.05) is 27.3 Å². The summed E-state index contributed by atoms with van der Waals surface area (Å²) in [6.07, 6.45) is 0.427. The van der Waals surface area contributed by atoms with Gasteiger partial charge in [-0.2, -0.15) is 0 Å². The van der Waals surface area contributed by atoms with Gasteiger partial charge >= 0.3 is 5.69 Å². The number of carbonyl (C=O) groups is 1. The summed E-state index contributed by atoms with van der Waals surface area (Å²) in [7, 11) is 3.13. The number of benzene rings is 2. The third-order valence-corrected chi connectivity index (χ3v) is 6.98. The molecule has 0 aliphatic heterocycles. The number of para-hydroxylation sites is 1. The number of anilines is 2. The number of amides is 1. The lowest BCUT2D eigenvalue weighted by atomic mass is 10.2. The molecular formula is C26H28N6O5S. The van der Waals surface area contributed by atoms with Gasteiger partial charge in [-0.3, -0.25) is 28.5 Å². The number of hydrogen-bond acceptors (Lipinski definition) is 8. The zero-order valence-corrected chi connectivity index (χ0v) is 21.9. The molecule has 2 heterocycles. The monoisotopic (exact) mass is 536 g/mol. The molecule has 0 spiro atoms. The Kier molecular flexibility index (Phi) is 8.44. The number of nitrogens with one attached hydrogen (secondary N) is 1. The topological polar surface area (TPSA) is 145 Å². The predicted octanol–water partition coefficient (Wildman–Crippen LogP) is 1.58. The summed E-state index contributed by atoms with van der Waals surface area (Å²) in [4.78, 5) is 59.8. The molecule has 38 heavy (non-hydrogen) atoms. The van der Waals surface area contributed by atoms with Crippen molar-refractivity contribution in [1.29, 1.82) is 0 Å². The second-order valence-electron chi connectivity index (χ2n) is 8.52. The summed E-state index contributed by atoms with van der Waals surface area (Å²) in [6.45, 7) is 0.598. The Bertz CT molecular complexity index is 1630. The number of aromatic nitrogens is 4. The zero-order valence-electron chi connectivity index (χ0n) is 21.0. The Balaban J connectivity index is 1.67. The number of nitrogen functional groups attached to an aromatic ring is 1. The summed E-state index contributed by atoms with van der Waals surface area (Å²) >= 11 is 1.08. The highest BCUT2D eigenvalue weighted by atomic mass is 32.2. The van der Waals surface area contributed by atoms with Crippen LogP contribution in [-0.2, 0) is 23.1 Å². The third-order valence-electron chi connectivity index (χ3n) is 5.97. The Hall–Kier alpha value is -4.16. The number of nitrogens with zero attached hydrogens (tertiary/aromatic N) is 4. The van der Waals surface area contributed by atoms with Crippen LogP contribution in [0.25, 0.3) is 10.9 Å². The van der Waals surface area contributed by atoms with E-state index < -0.39 is 17.2 Å². The Morgan fingerprint density at radius 2 is 1.82 bits per heavy atom. The number of hydrogen-bond donors (Lipinski definition) is 2. The van der Waals surface area contributed by atoms with Crippen LogP contribution in [0.1, 0.15) is 12.0 Å². The molecule has 0 atom stereocenters. The molecule has 2 aromatic heterocycles. The fourth-order valence-corrected chi connectivity index (χ4v) is 4.87. The first kappa shape index (κ1) is 26.9. The fourth-order valence-electron chi connectivity index (χ4n) is 4.02. The van der Waals surface area contributed by atoms with Gasteiger partial charge in [0.05, 0.1) is 23.2 Å². The van der Waals surface area contributed by atoms with Crippen molar-refractivity contribution in [2.75, 3.05) is 36.6 Å². The SMILES string of the molecule is COCCCN(C(=O)CSc1nc2ccccc2c(=O)n1C)c1c(N)n(Cc2ccccc2)c(=O)[nH]c1=O. The van der Waals surface area contributed by atoms with E-state index in [4.69, 9.17) is 10.5 Å². The number of nitrogens with two attached hydrogens (primary N) is 1. The van der Waals surface area contributed by atoms with Crippen LogP contribution in [0.15, 0.2) is 74.1 Å². The Morgan fingerprint density at radius 3 is 2.55 bits per heavy atom. The first-order chi connectivity index (χ1) is 18.3. The van der Waals surface area contributed by atoms with Crippen molar-refractivity contribution in [3.8, 4) is 0 Å². The van der Waals surface area contributed by atoms with E-state index in [9.17, 15) is 19.2 Å². The number of rotatable bonds is 10. The van der Waals surface area contributed by atoms with Crippen molar-refractivity contribution in [3.63, 3.8) is 0 Å². The molecule has 0 saturated heterocycles. The molecule has 0 saturated carbocycles. The fraction of sp³-hybridized carbons (Fsp3) is 0.269. The molecule has 0 bridgehead atoms. The average Bonchev–Trinajstić information content (AvgIpc) is 2.91. The highest BCUT2D eigenvalue weighted by molar-refractivity contribution is 7.99. The van der Waals surface area contributed by atoms with E-state index in [1.807, 2.05) is 30.3 Å². The molecule has 0 unspecified atom stereocenters. The molecule has 11 nitrogen and oxygen atoms in total. The zero-order chi connectivity index (χ0) is 27.2. The molecule has 4 aromatic rings. The van der Waals surface area contributed by atoms with Gasteiger partial charge in [-0.05, 0) is 24.1 Å². The minimum absolute atomic E-state index is 0.109. The first-order valence-electron chi connectivity index (χ1n) is 11.9. The van der Waals surface area contributed by atoms with Crippen LogP contribution in [0, 0.1) is 0 Å². The number of H-pyrrole nitrogens is 1. The molecule has 2 aromatic carbocycles. The van der Waals surface area contributed by atoms with Gasteiger partial charge in [-0.1, -0.05) is 54.2 Å². The maximum Gasteiger partial charge on any atom is 0.330 e. The standard InChI is InChI=1S/C26H28N6O5S/c1-30-24(35)18-11-6-7-12-19(18)28-26(30)38-16-20(33)31(13-8-14-37-2)21-22(27)32(25(36)29-23(21)34)15-17-9-4-3-5-10-17/h3-7,9-12H,8,13-16,27H2,1-2H3,(H,29,34,36). The van der Waals surface area contributed by atoms with Gasteiger partial charge in [-0.15, -0.1) is 0 Å². The van der Waals surface area contributed by atoms with Gasteiger partial charge in [0.1, 0.15) is 5.82 Å². The normalized spacial score (nSPS) is 11.1. The lowest BCUT2D eigenvalue weighted by Crippen LogP contribution is -2.42. The molecule has 4 rings (SSSR count). The number of aromatic amines is 1. The summed E-state index contributed by atoms with van der Waals surface area (Å²) in [6, 6.07) is 16.1. The second-order valence-corrected chi connectivity index (χ2v) is 9.46. The molecule has 0 fully saturated rings. The van der Waals surface area contributed by atoms with E-state index in [0.717, 1.165) is 17.3 Å². The molecule has 12 heteroatoms. The van der Waals surface area contributed by atoms with Crippen molar-refractivity contribution >= 4 is 40.1 Å². The van der Waals surface area contributed by atoms with Gasteiger partial charge in [0.25, 0.3) is 11.1 Å². The van der Waals surface area contributed by atoms with Crippen molar-refractivity contribution < 1.29 is 9.53 Å². The number of fused-ring (bicyclic) bond motifs is 1. The highest BCUT2D eigenvalue weighted by Gasteiger charge is 2.25. The van der Waals surface area contributed by atoms with Crippen molar-refractivity contribution in [3.05, 3.63) is 91.4 Å². The molecule has 0 aliphatic rings. The average molecular weight is 537 g/mol. The Morgan fingerprint density at radius 1 is 1.11 bits per heavy atom. The minimum Gasteiger partial charge on any atom is -0.385 e. The quantitative estimate of drug-likeness (QED) is 0.177. The van der Waals surface area contributed by atoms with Crippen molar-refractivity contribution in [2.45, 2.75) is 18.1 Å². The maximum atomic E-state index is 13.5. The van der Waals surface area contributed by atoms with Crippen LogP contribution < -0.4 is 27.4 Å². The summed E-state index contributed by atoms with van der Waals surface area (Å²) in [5, 5.41) is 0.835. The number of ether oxygens (including phenoxy) is 1. The van der Waals surface area contributed by atoms with Crippen molar-refractivity contribution in [2.24, 2.45) is 7.05 Å². The molecule has 198 valence electrons. The van der Waals surface area contributed by atoms with Crippen LogP contribution in [0.5, 0.6) is 0 Å². The number of thioether (sulfide) groups is 1. The van der Waals surface area contributed by atoms with Gasteiger partial charge < -0.3 is 15.4 Å². The van der Waals surface area contributed by atoms with E-state index in [2.05, 4.69) is 9.97 Å². The molecule has 0 radical (unpaired) electrons. The minimum atomic E-state index is -0.760. The van der Waals surface area contributed by atoms with Gasteiger partial charge in [0.15, 0.2) is 10.8 Å². The number of methoxy groups -OCH3 is 1. The van der Waals surface area contributed by atoms with E-state index in [1.165, 1.54) is 21.1 Å². The van der Waals surface area contributed by atoms with Gasteiger partial charge in [0.2, 0.25) is 5.91 Å². The third kappa shape index (κ3) is 5.71. The highest BCUT2D eigenvalue weighted by Crippen LogP contribution is 2.22. The van der Waals surface area contributed by atoms with Crippen LogP contribution in [0.3, 0.4) is 0 Å². The predicted molar refractivity (Wildman–Crippen MR) is 148 cm³/mol. The second kappa shape index (κ2) is 11.9. The molecule has 0 aliphatic carbocycles. The largest absolute Gasteiger partial charge is 0.385 e. The van der Waals surface area contributed by atoms with E-state index in [1.54, 1.807) is 31.3 Å². The summed E-state index contributed by atoms with van der Waals surface area (Å²) < 4.78 is 7.74. The molecule has 3 N–H and O–H groups in total. The summed E-state index contributed by atoms with van der Waals surface area (Å²) in [5.74, 6) is -0.673. The Labute approximate surface area is 221 Å². The molecule has 1 amide bonds. The van der Waals surface area contributed by atoms with Crippen molar-refractivity contribution in [1.82, 2.24) is 19.1 Å². The van der Waals surface area contributed by atoms with Gasteiger partial charge in [-0.25, -0.2) is 9.78 Å². The van der Waals surface area contributed by atoms with E-state index in [0.29, 0.717) is 29.1 Å². The van der Waals surface area contributed by atoms with Crippen LogP contribution >= 0.6 is 11.8 Å².